The molecule has 1 fully saturated rings. The van der Waals surface area contributed by atoms with Crippen molar-refractivity contribution in [1.82, 2.24) is 14.7 Å². The van der Waals surface area contributed by atoms with Crippen molar-refractivity contribution in [2.45, 2.75) is 64.2 Å². The first-order valence-electron chi connectivity index (χ1n) is 11.3. The predicted octanol–water partition coefficient (Wildman–Crippen LogP) is 4.44. The summed E-state index contributed by atoms with van der Waals surface area (Å²) in [7, 11) is 6.33. The van der Waals surface area contributed by atoms with E-state index in [0.717, 1.165) is 49.3 Å². The van der Waals surface area contributed by atoms with Crippen LogP contribution >= 0.6 is 11.8 Å². The molecule has 0 spiro atoms. The summed E-state index contributed by atoms with van der Waals surface area (Å²) in [4.78, 5) is 19.3. The van der Waals surface area contributed by atoms with Crippen molar-refractivity contribution in [3.05, 3.63) is 28.8 Å². The fourth-order valence-electron chi connectivity index (χ4n) is 3.91. The van der Waals surface area contributed by atoms with E-state index in [1.165, 1.54) is 0 Å². The Kier molecular flexibility index (Phi) is 8.51. The molecule has 1 aliphatic rings. The van der Waals surface area contributed by atoms with Crippen LogP contribution < -0.4 is 0 Å². The molecule has 1 atom stereocenters. The second kappa shape index (κ2) is 10.1. The maximum atomic E-state index is 12.7. The summed E-state index contributed by atoms with van der Waals surface area (Å²) in [6.07, 6.45) is 0.961. The summed E-state index contributed by atoms with van der Waals surface area (Å²) < 4.78 is 0. The molecule has 0 aliphatic carbocycles. The van der Waals surface area contributed by atoms with Crippen molar-refractivity contribution in [2.24, 2.45) is 0 Å². The molecule has 0 radical (unpaired) electrons. The number of benzene rings is 1. The van der Waals surface area contributed by atoms with Gasteiger partial charge in [-0.2, -0.15) is 0 Å². The van der Waals surface area contributed by atoms with Crippen LogP contribution in [0.4, 0.5) is 0 Å². The van der Waals surface area contributed by atoms with E-state index in [1.54, 1.807) is 11.8 Å². The van der Waals surface area contributed by atoms with Crippen LogP contribution in [0.25, 0.3) is 0 Å². The van der Waals surface area contributed by atoms with Gasteiger partial charge < -0.3 is 19.8 Å². The number of phenolic OH excluding ortho intramolecular Hbond substituents is 1. The Hall–Kier alpha value is -1.24. The topological polar surface area (TPSA) is 47.0 Å². The first kappa shape index (κ1) is 26.0. The number of carbonyl (C=O) groups is 1. The third-order valence-corrected chi connectivity index (χ3v) is 7.13. The monoisotopic (exact) mass is 449 g/mol. The Morgan fingerprint density at radius 1 is 1.00 bits per heavy atom. The maximum absolute atomic E-state index is 12.7. The Bertz CT molecular complexity index is 730. The Morgan fingerprint density at radius 2 is 1.55 bits per heavy atom. The molecule has 1 heterocycles. The van der Waals surface area contributed by atoms with Crippen LogP contribution in [0.1, 0.15) is 70.0 Å². The molecule has 0 bridgehead atoms. The summed E-state index contributed by atoms with van der Waals surface area (Å²) in [5, 5.41) is 11.1. The summed E-state index contributed by atoms with van der Waals surface area (Å²) >= 11 is 1.70. The lowest BCUT2D eigenvalue weighted by Gasteiger charge is -2.31. The average Bonchev–Trinajstić information content (AvgIpc) is 2.99. The predicted molar refractivity (Wildman–Crippen MR) is 133 cm³/mol. The number of likely N-dealkylation sites (N-methyl/N-ethyl adjacent to an activating group) is 2. The SMILES string of the molecule is CN(C)CCN(C)CCCN1C(=O)CSC1c1cc(C(C)(C)C)c(O)c(C(C)(C)C)c1. The minimum Gasteiger partial charge on any atom is -0.507 e. The van der Waals surface area contributed by atoms with Gasteiger partial charge in [0.2, 0.25) is 5.91 Å². The van der Waals surface area contributed by atoms with Gasteiger partial charge in [0.1, 0.15) is 11.1 Å². The van der Waals surface area contributed by atoms with Crippen LogP contribution in [0.2, 0.25) is 0 Å². The lowest BCUT2D eigenvalue weighted by atomic mass is 9.78. The van der Waals surface area contributed by atoms with Crippen LogP contribution in [0.3, 0.4) is 0 Å². The molecule has 1 aromatic rings. The Morgan fingerprint density at radius 3 is 2.03 bits per heavy atom. The van der Waals surface area contributed by atoms with E-state index in [4.69, 9.17) is 0 Å². The normalized spacial score (nSPS) is 18.0. The lowest BCUT2D eigenvalue weighted by Crippen LogP contribution is -2.34. The molecule has 1 aliphatic heterocycles. The van der Waals surface area contributed by atoms with Gasteiger partial charge in [0.25, 0.3) is 0 Å². The number of carbonyl (C=O) groups excluding carboxylic acids is 1. The second-order valence-corrected chi connectivity index (χ2v) is 12.2. The number of nitrogens with zero attached hydrogens (tertiary/aromatic N) is 3. The third kappa shape index (κ3) is 6.87. The number of aromatic hydroxyl groups is 1. The van der Waals surface area contributed by atoms with Gasteiger partial charge in [-0.3, -0.25) is 4.79 Å². The van der Waals surface area contributed by atoms with Crippen LogP contribution in [0, 0.1) is 0 Å². The van der Waals surface area contributed by atoms with Crippen LogP contribution in [-0.4, -0.2) is 78.8 Å². The Balaban J connectivity index is 2.24. The van der Waals surface area contributed by atoms with Crippen molar-refractivity contribution in [1.29, 1.82) is 0 Å². The number of thioether (sulfide) groups is 1. The molecule has 31 heavy (non-hydrogen) atoms. The molecular formula is C25H43N3O2S. The smallest absolute Gasteiger partial charge is 0.233 e. The zero-order chi connectivity index (χ0) is 23.6. The second-order valence-electron chi connectivity index (χ2n) is 11.2. The number of hydrogen-bond acceptors (Lipinski definition) is 5. The number of rotatable bonds is 8. The maximum Gasteiger partial charge on any atom is 0.233 e. The molecule has 1 N–H and O–H groups in total. The van der Waals surface area contributed by atoms with Crippen LogP contribution in [0.15, 0.2) is 12.1 Å². The van der Waals surface area contributed by atoms with Crippen molar-refractivity contribution in [3.8, 4) is 5.75 Å². The minimum absolute atomic E-state index is 0.0161. The van der Waals surface area contributed by atoms with Gasteiger partial charge in [-0.1, -0.05) is 41.5 Å². The Labute approximate surface area is 194 Å². The summed E-state index contributed by atoms with van der Waals surface area (Å²) in [5.74, 6) is 1.14. The van der Waals surface area contributed by atoms with Gasteiger partial charge in [0.15, 0.2) is 0 Å². The molecule has 5 nitrogen and oxygen atoms in total. The first-order chi connectivity index (χ1) is 14.2. The van der Waals surface area contributed by atoms with E-state index in [0.29, 0.717) is 11.5 Å². The minimum atomic E-state index is -0.173. The van der Waals surface area contributed by atoms with E-state index in [-0.39, 0.29) is 22.1 Å². The molecule has 1 saturated heterocycles. The molecule has 0 aromatic heterocycles. The number of hydrogen-bond donors (Lipinski definition) is 1. The molecule has 6 heteroatoms. The number of phenols is 1. The zero-order valence-electron chi connectivity index (χ0n) is 21.1. The standard InChI is InChI=1S/C25H43N3O2S/c1-24(2,3)19-15-18(16-20(22(19)30)25(4,5)6)23-28(21(29)17-31-23)12-10-11-27(9)14-13-26(7)8/h15-16,23,30H,10-14,17H2,1-9H3. The molecular weight excluding hydrogens is 406 g/mol. The van der Waals surface area contributed by atoms with Gasteiger partial charge in [-0.25, -0.2) is 0 Å². The summed E-state index contributed by atoms with van der Waals surface area (Å²) in [6, 6.07) is 4.24. The highest BCUT2D eigenvalue weighted by Gasteiger charge is 2.35. The zero-order valence-corrected chi connectivity index (χ0v) is 21.9. The lowest BCUT2D eigenvalue weighted by molar-refractivity contribution is -0.128. The molecule has 1 unspecified atom stereocenters. The van der Waals surface area contributed by atoms with Gasteiger partial charge in [-0.15, -0.1) is 11.8 Å². The van der Waals surface area contributed by atoms with Crippen molar-refractivity contribution in [3.63, 3.8) is 0 Å². The van der Waals surface area contributed by atoms with Gasteiger partial charge in [-0.05, 0) is 73.8 Å². The molecule has 1 amide bonds. The highest BCUT2D eigenvalue weighted by Crippen LogP contribution is 2.45. The highest BCUT2D eigenvalue weighted by molar-refractivity contribution is 8.00. The molecule has 0 saturated carbocycles. The van der Waals surface area contributed by atoms with E-state index in [2.05, 4.69) is 84.6 Å². The average molecular weight is 450 g/mol. The third-order valence-electron chi connectivity index (χ3n) is 5.87. The summed E-state index contributed by atoms with van der Waals surface area (Å²) in [5.41, 5.74) is 2.70. The van der Waals surface area contributed by atoms with Gasteiger partial charge in [0.05, 0.1) is 5.75 Å². The molecule has 176 valence electrons. The largest absolute Gasteiger partial charge is 0.507 e. The van der Waals surface area contributed by atoms with Crippen molar-refractivity contribution in [2.75, 3.05) is 53.1 Å². The fourth-order valence-corrected chi connectivity index (χ4v) is 5.11. The fraction of sp³-hybridized carbons (Fsp3) is 0.720. The van der Waals surface area contributed by atoms with E-state index in [1.807, 2.05) is 4.90 Å². The van der Waals surface area contributed by atoms with Crippen LogP contribution in [0.5, 0.6) is 5.75 Å². The molecule has 2 rings (SSSR count). The quantitative estimate of drug-likeness (QED) is 0.636. The van der Waals surface area contributed by atoms with E-state index in [9.17, 15) is 9.90 Å². The van der Waals surface area contributed by atoms with Gasteiger partial charge >= 0.3 is 0 Å². The van der Waals surface area contributed by atoms with E-state index < -0.39 is 0 Å². The van der Waals surface area contributed by atoms with Crippen LogP contribution in [-0.2, 0) is 15.6 Å². The number of amides is 1. The summed E-state index contributed by atoms with van der Waals surface area (Å²) in [6.45, 7) is 16.6. The van der Waals surface area contributed by atoms with Crippen molar-refractivity contribution < 1.29 is 9.90 Å². The van der Waals surface area contributed by atoms with Crippen molar-refractivity contribution >= 4 is 17.7 Å². The van der Waals surface area contributed by atoms with Gasteiger partial charge in [0, 0.05) is 19.6 Å². The first-order valence-corrected chi connectivity index (χ1v) is 12.4. The molecule has 1 aromatic carbocycles. The van der Waals surface area contributed by atoms with E-state index >= 15 is 0 Å². The highest BCUT2D eigenvalue weighted by atomic mass is 32.2.